The molecule has 3 rings (SSSR count). The number of carbonyl (C=O) groups excluding carboxylic acids is 1. The molecule has 0 aliphatic carbocycles. The van der Waals surface area contributed by atoms with Crippen LogP contribution in [0, 0.1) is 16.7 Å². The molecular formula is C19H17N5O5. The number of carbonyl (C=O) groups is 1. The average molecular weight is 395 g/mol. The third kappa shape index (κ3) is 4.30. The van der Waals surface area contributed by atoms with Crippen molar-refractivity contribution < 1.29 is 19.5 Å². The van der Waals surface area contributed by atoms with E-state index in [4.69, 9.17) is 11.3 Å². The van der Waals surface area contributed by atoms with Gasteiger partial charge in [0.1, 0.15) is 13.2 Å². The molecule has 0 atom stereocenters. The Morgan fingerprint density at radius 1 is 1.31 bits per heavy atom. The van der Waals surface area contributed by atoms with Gasteiger partial charge in [-0.3, -0.25) is 4.98 Å². The number of hydrogen-bond acceptors (Lipinski definition) is 7. The van der Waals surface area contributed by atoms with Crippen molar-refractivity contribution in [2.75, 3.05) is 13.2 Å². The van der Waals surface area contributed by atoms with Gasteiger partial charge in [0, 0.05) is 11.6 Å². The van der Waals surface area contributed by atoms with Crippen molar-refractivity contribution in [1.29, 1.82) is 0 Å². The summed E-state index contributed by atoms with van der Waals surface area (Å²) < 4.78 is 6.75. The number of benzene rings is 1. The van der Waals surface area contributed by atoms with Crippen molar-refractivity contribution in [3.05, 3.63) is 63.6 Å². The quantitative estimate of drug-likeness (QED) is 0.197. The van der Waals surface area contributed by atoms with Crippen LogP contribution in [0.15, 0.2) is 36.5 Å². The topological polar surface area (TPSA) is 114 Å². The van der Waals surface area contributed by atoms with E-state index in [9.17, 15) is 14.9 Å². The first-order valence-electron chi connectivity index (χ1n) is 8.71. The highest BCUT2D eigenvalue weighted by Gasteiger charge is 2.16. The Kier molecular flexibility index (Phi) is 5.69. The van der Waals surface area contributed by atoms with Crippen LogP contribution in [0.4, 0.5) is 5.82 Å². The van der Waals surface area contributed by atoms with E-state index in [2.05, 4.69) is 19.8 Å². The number of pyridine rings is 1. The van der Waals surface area contributed by atoms with Crippen LogP contribution in [0.2, 0.25) is 0 Å². The van der Waals surface area contributed by atoms with Crippen molar-refractivity contribution in [1.82, 2.24) is 14.8 Å². The lowest BCUT2D eigenvalue weighted by atomic mass is 10.1. The predicted molar refractivity (Wildman–Crippen MR) is 103 cm³/mol. The summed E-state index contributed by atoms with van der Waals surface area (Å²) in [5.41, 5.74) is 2.34. The Morgan fingerprint density at radius 3 is 2.79 bits per heavy atom. The number of nitrogens with zero attached hydrogens (tertiary/aromatic N) is 5. The van der Waals surface area contributed by atoms with Gasteiger partial charge in [0.05, 0.1) is 22.8 Å². The Morgan fingerprint density at radius 2 is 2.10 bits per heavy atom. The monoisotopic (exact) mass is 395 g/mol. The minimum atomic E-state index is -0.951. The molecule has 0 saturated carbocycles. The van der Waals surface area contributed by atoms with Gasteiger partial charge in [0.15, 0.2) is 0 Å². The minimum absolute atomic E-state index is 0.106. The molecule has 0 N–H and O–H groups in total. The standard InChI is InChI=1S/C19H17N5O5/c1-12(2)23-17-5-4-13(10-15(17)18(20-3)22-23)16-11-14(6-7-21-16)19(25)28-8-9-29-24(26)27/h4-7,10-12H,8-9H2,1-2H3. The van der Waals surface area contributed by atoms with Crippen molar-refractivity contribution in [2.24, 2.45) is 0 Å². The van der Waals surface area contributed by atoms with Gasteiger partial charge in [0.2, 0.25) is 0 Å². The van der Waals surface area contributed by atoms with Crippen LogP contribution in [-0.2, 0) is 9.57 Å². The number of ether oxygens (including phenoxy) is 1. The van der Waals surface area contributed by atoms with E-state index in [0.717, 1.165) is 11.1 Å². The molecule has 0 spiro atoms. The van der Waals surface area contributed by atoms with E-state index in [-0.39, 0.29) is 24.8 Å². The largest absolute Gasteiger partial charge is 0.460 e. The first kappa shape index (κ1) is 19.8. The van der Waals surface area contributed by atoms with Crippen LogP contribution in [0.25, 0.3) is 27.0 Å². The summed E-state index contributed by atoms with van der Waals surface area (Å²) in [6.07, 6.45) is 1.47. The number of esters is 1. The maximum Gasteiger partial charge on any atom is 0.338 e. The highest BCUT2D eigenvalue weighted by Crippen LogP contribution is 2.31. The molecule has 29 heavy (non-hydrogen) atoms. The Hall–Kier alpha value is -4.00. The van der Waals surface area contributed by atoms with Gasteiger partial charge in [0.25, 0.3) is 5.09 Å². The zero-order valence-corrected chi connectivity index (χ0v) is 15.7. The van der Waals surface area contributed by atoms with E-state index >= 15 is 0 Å². The lowest BCUT2D eigenvalue weighted by Gasteiger charge is -2.07. The molecule has 0 amide bonds. The van der Waals surface area contributed by atoms with Gasteiger partial charge < -0.3 is 14.4 Å². The lowest BCUT2D eigenvalue weighted by molar-refractivity contribution is -0.757. The van der Waals surface area contributed by atoms with Crippen molar-refractivity contribution in [2.45, 2.75) is 19.9 Å². The smallest absolute Gasteiger partial charge is 0.338 e. The highest BCUT2D eigenvalue weighted by atomic mass is 17.0. The minimum Gasteiger partial charge on any atom is -0.460 e. The van der Waals surface area contributed by atoms with Crippen LogP contribution in [0.3, 0.4) is 0 Å². The molecule has 0 saturated heterocycles. The number of aromatic nitrogens is 3. The fourth-order valence-corrected chi connectivity index (χ4v) is 2.81. The second kappa shape index (κ2) is 8.35. The van der Waals surface area contributed by atoms with Crippen LogP contribution < -0.4 is 0 Å². The summed E-state index contributed by atoms with van der Waals surface area (Å²) in [5.74, 6) is -0.340. The highest BCUT2D eigenvalue weighted by molar-refractivity contribution is 5.95. The van der Waals surface area contributed by atoms with Gasteiger partial charge >= 0.3 is 11.8 Å². The number of hydrogen-bond donors (Lipinski definition) is 0. The molecule has 0 fully saturated rings. The van der Waals surface area contributed by atoms with E-state index < -0.39 is 11.1 Å². The van der Waals surface area contributed by atoms with E-state index in [0.29, 0.717) is 16.9 Å². The van der Waals surface area contributed by atoms with Crippen LogP contribution >= 0.6 is 0 Å². The van der Waals surface area contributed by atoms with Crippen molar-refractivity contribution in [3.8, 4) is 11.3 Å². The average Bonchev–Trinajstić information content (AvgIpc) is 3.09. The fraction of sp³-hybridized carbons (Fsp3) is 0.263. The molecule has 10 heteroatoms. The second-order valence-electron chi connectivity index (χ2n) is 6.33. The maximum atomic E-state index is 12.1. The van der Waals surface area contributed by atoms with Crippen LogP contribution in [-0.4, -0.2) is 39.0 Å². The molecule has 3 aromatic rings. The summed E-state index contributed by atoms with van der Waals surface area (Å²) in [6.45, 7) is 10.8. The molecule has 1 aromatic carbocycles. The molecule has 0 aliphatic heterocycles. The van der Waals surface area contributed by atoms with Crippen molar-refractivity contribution in [3.63, 3.8) is 0 Å². The summed E-state index contributed by atoms with van der Waals surface area (Å²) in [4.78, 5) is 34.1. The third-order valence-corrected chi connectivity index (χ3v) is 4.09. The zero-order chi connectivity index (χ0) is 21.0. The van der Waals surface area contributed by atoms with Crippen LogP contribution in [0.1, 0.15) is 30.2 Å². The molecule has 148 valence electrons. The summed E-state index contributed by atoms with van der Waals surface area (Å²) >= 11 is 0. The molecule has 0 radical (unpaired) electrons. The first-order valence-corrected chi connectivity index (χ1v) is 8.71. The number of fused-ring (bicyclic) bond motifs is 1. The van der Waals surface area contributed by atoms with E-state index in [1.807, 2.05) is 32.0 Å². The molecule has 0 unspecified atom stereocenters. The first-order chi connectivity index (χ1) is 13.9. The van der Waals surface area contributed by atoms with Crippen molar-refractivity contribution >= 4 is 22.7 Å². The van der Waals surface area contributed by atoms with Gasteiger partial charge in [-0.2, -0.15) is 4.68 Å². The Labute approximate surface area is 165 Å². The second-order valence-corrected chi connectivity index (χ2v) is 6.33. The van der Waals surface area contributed by atoms with Gasteiger partial charge in [-0.05, 0) is 42.7 Å². The van der Waals surface area contributed by atoms with Crippen LogP contribution in [0.5, 0.6) is 0 Å². The van der Waals surface area contributed by atoms with E-state index in [1.165, 1.54) is 12.3 Å². The molecule has 2 aromatic heterocycles. The number of rotatable bonds is 7. The van der Waals surface area contributed by atoms with Gasteiger partial charge in [-0.15, -0.1) is 10.1 Å². The predicted octanol–water partition coefficient (Wildman–Crippen LogP) is 3.60. The fourth-order valence-electron chi connectivity index (χ4n) is 2.81. The molecule has 0 bridgehead atoms. The zero-order valence-electron chi connectivity index (χ0n) is 15.7. The molecule has 10 nitrogen and oxygen atoms in total. The van der Waals surface area contributed by atoms with Gasteiger partial charge in [-0.25, -0.2) is 4.79 Å². The maximum absolute atomic E-state index is 12.1. The third-order valence-electron chi connectivity index (χ3n) is 4.09. The summed E-state index contributed by atoms with van der Waals surface area (Å²) in [6, 6.07) is 8.68. The Bertz CT molecular complexity index is 1120. The molecule has 2 heterocycles. The Balaban J connectivity index is 1.87. The molecular weight excluding hydrogens is 378 g/mol. The summed E-state index contributed by atoms with van der Waals surface area (Å²) in [7, 11) is 0. The normalized spacial score (nSPS) is 10.7. The van der Waals surface area contributed by atoms with Gasteiger partial charge in [-0.1, -0.05) is 18.7 Å². The lowest BCUT2D eigenvalue weighted by Crippen LogP contribution is -2.13. The SMILES string of the molecule is [C-]#[N+]c1nn(C(C)C)c2ccc(-c3cc(C(=O)OCCO[N+](=O)[O-])ccn3)cc12. The molecule has 0 aliphatic rings. The summed E-state index contributed by atoms with van der Waals surface area (Å²) in [5, 5.41) is 14.2. The van der Waals surface area contributed by atoms with E-state index in [1.54, 1.807) is 10.7 Å².